The summed E-state index contributed by atoms with van der Waals surface area (Å²) < 4.78 is 11.3. The molecule has 0 saturated carbocycles. The van der Waals surface area contributed by atoms with Gasteiger partial charge in [0.25, 0.3) is 0 Å². The molecule has 0 unspecified atom stereocenters. The van der Waals surface area contributed by atoms with Gasteiger partial charge in [0.05, 0.1) is 11.1 Å². The van der Waals surface area contributed by atoms with E-state index >= 15 is 0 Å². The fourth-order valence-electron chi connectivity index (χ4n) is 2.74. The molecule has 3 rings (SSSR count). The number of hydrogen-bond acceptors (Lipinski definition) is 4. The Bertz CT molecular complexity index is 768. The highest BCUT2D eigenvalue weighted by molar-refractivity contribution is 6.42. The molecule has 1 aliphatic heterocycles. The highest BCUT2D eigenvalue weighted by atomic mass is 35.5. The fraction of sp³-hybridized carbons (Fsp3) is 0.316. The summed E-state index contributed by atoms with van der Waals surface area (Å²) in [6, 6.07) is 12.6. The van der Waals surface area contributed by atoms with Crippen LogP contribution in [0.25, 0.3) is 0 Å². The Kier molecular flexibility index (Phi) is 6.38. The second-order valence-corrected chi connectivity index (χ2v) is 6.86. The predicted octanol–water partition coefficient (Wildman–Crippen LogP) is 3.91. The molecule has 138 valence electrons. The standard InChI is InChI=1S/C19H20Cl2N2O3/c20-15-2-1-3-16(18(15)21)25-13-6-4-12(5-7-13)11-23-19(24)17-9-8-14(10-22)26-17/h1-7,14,17H,8-11,22H2,(H,23,24)/t14-,17+/m1/s1. The van der Waals surface area contributed by atoms with Gasteiger partial charge >= 0.3 is 0 Å². The van der Waals surface area contributed by atoms with Crippen LogP contribution < -0.4 is 15.8 Å². The molecule has 2 aromatic rings. The second-order valence-electron chi connectivity index (χ2n) is 6.08. The minimum Gasteiger partial charge on any atom is -0.456 e. The zero-order valence-electron chi connectivity index (χ0n) is 14.1. The fourth-order valence-corrected chi connectivity index (χ4v) is 3.07. The van der Waals surface area contributed by atoms with Crippen molar-refractivity contribution in [3.05, 3.63) is 58.1 Å². The first kappa shape index (κ1) is 19.0. The smallest absolute Gasteiger partial charge is 0.249 e. The summed E-state index contributed by atoms with van der Waals surface area (Å²) >= 11 is 12.1. The van der Waals surface area contributed by atoms with Gasteiger partial charge in [-0.1, -0.05) is 41.4 Å². The average molecular weight is 395 g/mol. The molecular formula is C19H20Cl2N2O3. The van der Waals surface area contributed by atoms with Crippen molar-refractivity contribution >= 4 is 29.1 Å². The van der Waals surface area contributed by atoms with E-state index < -0.39 is 6.10 Å². The topological polar surface area (TPSA) is 73.6 Å². The highest BCUT2D eigenvalue weighted by Crippen LogP contribution is 2.34. The quantitative estimate of drug-likeness (QED) is 0.778. The van der Waals surface area contributed by atoms with Gasteiger partial charge < -0.3 is 20.5 Å². The molecule has 5 nitrogen and oxygen atoms in total. The molecule has 3 N–H and O–H groups in total. The zero-order valence-corrected chi connectivity index (χ0v) is 15.6. The molecular weight excluding hydrogens is 375 g/mol. The maximum Gasteiger partial charge on any atom is 0.249 e. The Labute approximate surface area is 162 Å². The van der Waals surface area contributed by atoms with Gasteiger partial charge in [-0.25, -0.2) is 0 Å². The molecule has 0 aromatic heterocycles. The van der Waals surface area contributed by atoms with E-state index in [9.17, 15) is 4.79 Å². The number of rotatable bonds is 6. The van der Waals surface area contributed by atoms with Gasteiger partial charge in [-0.3, -0.25) is 4.79 Å². The third kappa shape index (κ3) is 4.68. The van der Waals surface area contributed by atoms with Crippen LogP contribution in [0.5, 0.6) is 11.5 Å². The van der Waals surface area contributed by atoms with Crippen LogP contribution in [0.3, 0.4) is 0 Å². The number of carbonyl (C=O) groups is 1. The van der Waals surface area contributed by atoms with Crippen molar-refractivity contribution in [3.8, 4) is 11.5 Å². The monoisotopic (exact) mass is 394 g/mol. The Morgan fingerprint density at radius 1 is 1.19 bits per heavy atom. The lowest BCUT2D eigenvalue weighted by atomic mass is 10.1. The summed E-state index contributed by atoms with van der Waals surface area (Å²) in [6.07, 6.45) is 1.12. The highest BCUT2D eigenvalue weighted by Gasteiger charge is 2.29. The third-order valence-electron chi connectivity index (χ3n) is 4.20. The van der Waals surface area contributed by atoms with Crippen LogP contribution in [0.4, 0.5) is 0 Å². The molecule has 1 fully saturated rings. The number of nitrogens with one attached hydrogen (secondary N) is 1. The summed E-state index contributed by atoms with van der Waals surface area (Å²) in [6.45, 7) is 0.867. The third-order valence-corrected chi connectivity index (χ3v) is 5.00. The number of nitrogens with two attached hydrogens (primary N) is 1. The number of benzene rings is 2. The molecule has 1 saturated heterocycles. The van der Waals surface area contributed by atoms with Crippen molar-refractivity contribution in [1.82, 2.24) is 5.32 Å². The van der Waals surface area contributed by atoms with E-state index in [0.717, 1.165) is 12.0 Å². The molecule has 0 bridgehead atoms. The molecule has 1 amide bonds. The lowest BCUT2D eigenvalue weighted by Gasteiger charge is -2.13. The number of amides is 1. The molecule has 0 spiro atoms. The van der Waals surface area contributed by atoms with E-state index in [2.05, 4.69) is 5.32 Å². The van der Waals surface area contributed by atoms with E-state index in [-0.39, 0.29) is 12.0 Å². The van der Waals surface area contributed by atoms with Crippen LogP contribution in [0.15, 0.2) is 42.5 Å². The van der Waals surface area contributed by atoms with Crippen molar-refractivity contribution in [2.75, 3.05) is 6.54 Å². The summed E-state index contributed by atoms with van der Waals surface area (Å²) in [5.74, 6) is 1.02. The van der Waals surface area contributed by atoms with Crippen LogP contribution in [0.1, 0.15) is 18.4 Å². The summed E-state index contributed by atoms with van der Waals surface area (Å²) in [5, 5.41) is 3.70. The summed E-state index contributed by atoms with van der Waals surface area (Å²) in [5.41, 5.74) is 6.52. The van der Waals surface area contributed by atoms with Crippen LogP contribution in [-0.2, 0) is 16.1 Å². The number of halogens is 2. The predicted molar refractivity (Wildman–Crippen MR) is 102 cm³/mol. The van der Waals surface area contributed by atoms with Crippen molar-refractivity contribution < 1.29 is 14.3 Å². The average Bonchev–Trinajstić information content (AvgIpc) is 3.14. The van der Waals surface area contributed by atoms with Crippen LogP contribution >= 0.6 is 23.2 Å². The minimum atomic E-state index is -0.406. The maximum absolute atomic E-state index is 12.1. The molecule has 0 radical (unpaired) electrons. The van der Waals surface area contributed by atoms with Gasteiger partial charge in [0.1, 0.15) is 22.6 Å². The Balaban J connectivity index is 1.53. The number of hydrogen-bond donors (Lipinski definition) is 2. The maximum atomic E-state index is 12.1. The van der Waals surface area contributed by atoms with Gasteiger partial charge in [0.15, 0.2) is 0 Å². The molecule has 2 aromatic carbocycles. The van der Waals surface area contributed by atoms with Gasteiger partial charge in [-0.2, -0.15) is 0 Å². The number of ether oxygens (including phenoxy) is 2. The van der Waals surface area contributed by atoms with Gasteiger partial charge in [-0.15, -0.1) is 0 Å². The van der Waals surface area contributed by atoms with Crippen LogP contribution in [0.2, 0.25) is 10.0 Å². The molecule has 1 heterocycles. The lowest BCUT2D eigenvalue weighted by molar-refractivity contribution is -0.132. The Morgan fingerprint density at radius 3 is 2.65 bits per heavy atom. The SMILES string of the molecule is NC[C@H]1CC[C@@H](C(=O)NCc2ccc(Oc3cccc(Cl)c3Cl)cc2)O1. The number of carbonyl (C=O) groups excluding carboxylic acids is 1. The first-order chi connectivity index (χ1) is 12.6. The van der Waals surface area contributed by atoms with E-state index in [1.807, 2.05) is 24.3 Å². The molecule has 26 heavy (non-hydrogen) atoms. The first-order valence-corrected chi connectivity index (χ1v) is 9.16. The van der Waals surface area contributed by atoms with Crippen molar-refractivity contribution in [2.45, 2.75) is 31.6 Å². The van der Waals surface area contributed by atoms with Gasteiger partial charge in [-0.05, 0) is 42.7 Å². The van der Waals surface area contributed by atoms with E-state index in [1.54, 1.807) is 18.2 Å². The van der Waals surface area contributed by atoms with Crippen molar-refractivity contribution in [1.29, 1.82) is 0 Å². The summed E-state index contributed by atoms with van der Waals surface area (Å²) in [4.78, 5) is 12.1. The lowest BCUT2D eigenvalue weighted by Crippen LogP contribution is -2.35. The molecule has 1 aliphatic rings. The van der Waals surface area contributed by atoms with Crippen molar-refractivity contribution in [3.63, 3.8) is 0 Å². The largest absolute Gasteiger partial charge is 0.456 e. The first-order valence-electron chi connectivity index (χ1n) is 8.41. The molecule has 0 aliphatic carbocycles. The molecule has 2 atom stereocenters. The summed E-state index contributed by atoms with van der Waals surface area (Å²) in [7, 11) is 0. The normalized spacial score (nSPS) is 19.3. The zero-order chi connectivity index (χ0) is 18.5. The van der Waals surface area contributed by atoms with Crippen LogP contribution in [-0.4, -0.2) is 24.7 Å². The van der Waals surface area contributed by atoms with Crippen molar-refractivity contribution in [2.24, 2.45) is 5.73 Å². The Hall–Kier alpha value is -1.79. The molecule has 7 heteroatoms. The minimum absolute atomic E-state index is 0.0134. The van der Waals surface area contributed by atoms with Gasteiger partial charge in [0.2, 0.25) is 5.91 Å². The van der Waals surface area contributed by atoms with Gasteiger partial charge in [0, 0.05) is 13.1 Å². The van der Waals surface area contributed by atoms with E-state index in [0.29, 0.717) is 41.1 Å². The second kappa shape index (κ2) is 8.73. The van der Waals surface area contributed by atoms with E-state index in [4.69, 9.17) is 38.4 Å². The van der Waals surface area contributed by atoms with Crippen LogP contribution in [0, 0.1) is 0 Å². The Morgan fingerprint density at radius 2 is 1.96 bits per heavy atom. The van der Waals surface area contributed by atoms with E-state index in [1.165, 1.54) is 0 Å².